The number of amides is 1. The van der Waals surface area contributed by atoms with E-state index in [2.05, 4.69) is 15.4 Å². The minimum Gasteiger partial charge on any atom is -0.305 e. The van der Waals surface area contributed by atoms with Crippen molar-refractivity contribution in [2.45, 2.75) is 6.92 Å². The van der Waals surface area contributed by atoms with Crippen molar-refractivity contribution in [1.82, 2.24) is 14.8 Å². The maximum absolute atomic E-state index is 12.3. The van der Waals surface area contributed by atoms with Crippen LogP contribution in [0.2, 0.25) is 0 Å². The summed E-state index contributed by atoms with van der Waals surface area (Å²) in [7, 11) is 1.82. The summed E-state index contributed by atoms with van der Waals surface area (Å²) in [6, 6.07) is 13.1. The molecule has 5 heteroatoms. The number of hydrogen-bond donors (Lipinski definition) is 1. The lowest BCUT2D eigenvalue weighted by atomic mass is 10.2. The number of nitrogens with zero attached hydrogens (tertiary/aromatic N) is 3. The highest BCUT2D eigenvalue weighted by molar-refractivity contribution is 6.10. The second-order valence-electron chi connectivity index (χ2n) is 4.61. The molecule has 1 aromatic carbocycles. The number of nitrogens with one attached hydrogen (secondary N) is 1. The molecule has 0 saturated heterocycles. The average molecular weight is 266 g/mol. The van der Waals surface area contributed by atoms with E-state index in [9.17, 15) is 4.79 Å². The molecule has 0 aliphatic rings. The van der Waals surface area contributed by atoms with Crippen molar-refractivity contribution in [2.75, 3.05) is 5.32 Å². The van der Waals surface area contributed by atoms with E-state index in [0.29, 0.717) is 11.5 Å². The van der Waals surface area contributed by atoms with E-state index < -0.39 is 0 Å². The molecule has 2 heterocycles. The predicted octanol–water partition coefficient (Wildman–Crippen LogP) is 2.53. The number of anilines is 1. The molecule has 1 amide bonds. The number of aryl methyl sites for hydroxylation is 2. The quantitative estimate of drug-likeness (QED) is 0.775. The van der Waals surface area contributed by atoms with E-state index in [-0.39, 0.29) is 5.91 Å². The molecule has 0 atom stereocenters. The maximum atomic E-state index is 12.3. The van der Waals surface area contributed by atoms with Gasteiger partial charge in [0.15, 0.2) is 5.69 Å². The molecule has 1 N–H and O–H groups in total. The molecule has 0 fully saturated rings. The van der Waals surface area contributed by atoms with Gasteiger partial charge in [-0.2, -0.15) is 5.10 Å². The van der Waals surface area contributed by atoms with Crippen LogP contribution >= 0.6 is 0 Å². The normalized spacial score (nSPS) is 10.7. The molecular formula is C15H14N4O. The highest BCUT2D eigenvalue weighted by atomic mass is 16.2. The van der Waals surface area contributed by atoms with Crippen LogP contribution in [0.25, 0.3) is 10.9 Å². The molecule has 3 rings (SSSR count). The van der Waals surface area contributed by atoms with E-state index >= 15 is 0 Å². The lowest BCUT2D eigenvalue weighted by Crippen LogP contribution is -2.14. The van der Waals surface area contributed by atoms with Gasteiger partial charge < -0.3 is 5.32 Å². The molecule has 100 valence electrons. The van der Waals surface area contributed by atoms with Crippen molar-refractivity contribution in [2.24, 2.45) is 7.05 Å². The highest BCUT2D eigenvalue weighted by Gasteiger charge is 2.16. The second kappa shape index (κ2) is 4.77. The molecule has 0 aliphatic carbocycles. The van der Waals surface area contributed by atoms with Crippen molar-refractivity contribution < 1.29 is 4.79 Å². The number of fused-ring (bicyclic) bond motifs is 1. The fraction of sp³-hybridized carbons (Fsp3) is 0.133. The van der Waals surface area contributed by atoms with Crippen LogP contribution in [0.5, 0.6) is 0 Å². The van der Waals surface area contributed by atoms with Crippen molar-refractivity contribution in [3.8, 4) is 0 Å². The zero-order chi connectivity index (χ0) is 14.1. The summed E-state index contributed by atoms with van der Waals surface area (Å²) < 4.78 is 1.70. The zero-order valence-electron chi connectivity index (χ0n) is 11.3. The Labute approximate surface area is 116 Å². The van der Waals surface area contributed by atoms with E-state index in [1.807, 2.05) is 50.4 Å². The molecular weight excluding hydrogens is 252 g/mol. The summed E-state index contributed by atoms with van der Waals surface area (Å²) in [5.74, 6) is 0.282. The zero-order valence-corrected chi connectivity index (χ0v) is 11.3. The van der Waals surface area contributed by atoms with Gasteiger partial charge >= 0.3 is 0 Å². The minimum atomic E-state index is -0.250. The lowest BCUT2D eigenvalue weighted by Gasteiger charge is -2.03. The summed E-state index contributed by atoms with van der Waals surface area (Å²) in [6.07, 6.45) is 0. The summed E-state index contributed by atoms with van der Waals surface area (Å²) in [6.45, 7) is 1.88. The van der Waals surface area contributed by atoms with Gasteiger partial charge in [-0.05, 0) is 25.1 Å². The summed E-state index contributed by atoms with van der Waals surface area (Å²) in [5, 5.41) is 7.90. The molecule has 5 nitrogen and oxygen atoms in total. The SMILES string of the molecule is Cc1cccc(NC(=O)c2nn(C)c3ccccc23)n1. The fourth-order valence-electron chi connectivity index (χ4n) is 2.17. The van der Waals surface area contributed by atoms with E-state index in [0.717, 1.165) is 16.6 Å². The third kappa shape index (κ3) is 2.14. The van der Waals surface area contributed by atoms with Gasteiger partial charge in [-0.25, -0.2) is 4.98 Å². The lowest BCUT2D eigenvalue weighted by molar-refractivity contribution is 0.102. The van der Waals surface area contributed by atoms with Crippen LogP contribution in [0, 0.1) is 6.92 Å². The van der Waals surface area contributed by atoms with Gasteiger partial charge in [-0.1, -0.05) is 24.3 Å². The van der Waals surface area contributed by atoms with Crippen LogP contribution in [0.4, 0.5) is 5.82 Å². The van der Waals surface area contributed by atoms with Crippen molar-refractivity contribution >= 4 is 22.6 Å². The van der Waals surface area contributed by atoms with Gasteiger partial charge in [0, 0.05) is 18.1 Å². The average Bonchev–Trinajstić information content (AvgIpc) is 2.77. The van der Waals surface area contributed by atoms with Gasteiger partial charge in [0.25, 0.3) is 5.91 Å². The number of pyridine rings is 1. The molecule has 3 aromatic rings. The summed E-state index contributed by atoms with van der Waals surface area (Å²) in [5.41, 5.74) is 2.19. The Hall–Kier alpha value is -2.69. The smallest absolute Gasteiger partial charge is 0.277 e. The van der Waals surface area contributed by atoms with Crippen LogP contribution < -0.4 is 5.32 Å². The maximum Gasteiger partial charge on any atom is 0.277 e. The molecule has 0 aliphatic heterocycles. The number of carbonyl (C=O) groups is 1. The van der Waals surface area contributed by atoms with E-state index in [1.165, 1.54) is 0 Å². The van der Waals surface area contributed by atoms with Crippen LogP contribution in [-0.2, 0) is 7.05 Å². The number of aromatic nitrogens is 3. The Bertz CT molecular complexity index is 791. The number of rotatable bonds is 2. The first-order chi connectivity index (χ1) is 9.65. The Kier molecular flexibility index (Phi) is 2.95. The fourth-order valence-corrected chi connectivity index (χ4v) is 2.17. The topological polar surface area (TPSA) is 59.8 Å². The summed E-state index contributed by atoms with van der Waals surface area (Å²) in [4.78, 5) is 16.6. The molecule has 0 radical (unpaired) electrons. The third-order valence-electron chi connectivity index (χ3n) is 3.10. The van der Waals surface area contributed by atoms with Crippen molar-refractivity contribution in [3.05, 3.63) is 53.9 Å². The first-order valence-corrected chi connectivity index (χ1v) is 6.32. The van der Waals surface area contributed by atoms with Crippen molar-refractivity contribution in [1.29, 1.82) is 0 Å². The van der Waals surface area contributed by atoms with Gasteiger partial charge in [0.05, 0.1) is 5.52 Å². The number of benzene rings is 1. The predicted molar refractivity (Wildman–Crippen MR) is 77.6 cm³/mol. The van der Waals surface area contributed by atoms with Crippen LogP contribution in [-0.4, -0.2) is 20.7 Å². The number of para-hydroxylation sites is 1. The van der Waals surface area contributed by atoms with Gasteiger partial charge in [0.2, 0.25) is 0 Å². The summed E-state index contributed by atoms with van der Waals surface area (Å²) >= 11 is 0. The van der Waals surface area contributed by atoms with Crippen LogP contribution in [0.1, 0.15) is 16.2 Å². The van der Waals surface area contributed by atoms with Crippen molar-refractivity contribution in [3.63, 3.8) is 0 Å². The molecule has 0 bridgehead atoms. The van der Waals surface area contributed by atoms with E-state index in [4.69, 9.17) is 0 Å². The highest BCUT2D eigenvalue weighted by Crippen LogP contribution is 2.18. The monoisotopic (exact) mass is 266 g/mol. The Morgan fingerprint density at radius 1 is 1.15 bits per heavy atom. The van der Waals surface area contributed by atoms with Gasteiger partial charge in [-0.3, -0.25) is 9.48 Å². The molecule has 0 spiro atoms. The molecule has 0 saturated carbocycles. The van der Waals surface area contributed by atoms with Gasteiger partial charge in [-0.15, -0.1) is 0 Å². The first-order valence-electron chi connectivity index (χ1n) is 6.32. The molecule has 20 heavy (non-hydrogen) atoms. The number of carbonyl (C=O) groups excluding carboxylic acids is 1. The largest absolute Gasteiger partial charge is 0.305 e. The first kappa shape index (κ1) is 12.3. The standard InChI is InChI=1S/C15H14N4O/c1-10-6-5-9-13(16-10)17-15(20)14-11-7-3-4-8-12(11)19(2)18-14/h3-9H,1-2H3,(H,16,17,20). The second-order valence-corrected chi connectivity index (χ2v) is 4.61. The third-order valence-corrected chi connectivity index (χ3v) is 3.10. The van der Waals surface area contributed by atoms with Crippen LogP contribution in [0.15, 0.2) is 42.5 Å². The van der Waals surface area contributed by atoms with E-state index in [1.54, 1.807) is 10.7 Å². The Balaban J connectivity index is 1.97. The van der Waals surface area contributed by atoms with Gasteiger partial charge in [0.1, 0.15) is 5.82 Å². The Morgan fingerprint density at radius 2 is 1.95 bits per heavy atom. The van der Waals surface area contributed by atoms with Crippen LogP contribution in [0.3, 0.4) is 0 Å². The minimum absolute atomic E-state index is 0.250. The number of hydrogen-bond acceptors (Lipinski definition) is 3. The molecule has 0 unspecified atom stereocenters. The Morgan fingerprint density at radius 3 is 2.75 bits per heavy atom. The molecule has 2 aromatic heterocycles.